The van der Waals surface area contributed by atoms with E-state index in [0.717, 1.165) is 33.2 Å². The molecule has 0 amide bonds. The van der Waals surface area contributed by atoms with E-state index in [0.29, 0.717) is 5.56 Å². The van der Waals surface area contributed by atoms with Crippen molar-refractivity contribution in [2.45, 2.75) is 26.2 Å². The fourth-order valence-corrected chi connectivity index (χ4v) is 3.58. The predicted octanol–water partition coefficient (Wildman–Crippen LogP) is 4.99. The van der Waals surface area contributed by atoms with E-state index in [1.54, 1.807) is 6.20 Å². The molecule has 0 N–H and O–H groups in total. The van der Waals surface area contributed by atoms with Gasteiger partial charge in [0.05, 0.1) is 5.69 Å². The molecule has 1 heterocycles. The molecular weight excluding hydrogens is 261 g/mol. The molecule has 4 rings (SSSR count). The Kier molecular flexibility index (Phi) is 2.33. The lowest BCUT2D eigenvalue weighted by atomic mass is 9.69. The average Bonchev–Trinajstić information content (AvgIpc) is 2.47. The number of pyridine rings is 1. The summed E-state index contributed by atoms with van der Waals surface area (Å²) in [5, 5.41) is 2.32. The fraction of sp³-hybridized carbons (Fsp3) is 0.211. The lowest BCUT2D eigenvalue weighted by Gasteiger charge is -2.35. The molecule has 21 heavy (non-hydrogen) atoms. The van der Waals surface area contributed by atoms with Gasteiger partial charge in [-0.3, -0.25) is 4.98 Å². The smallest absolute Gasteiger partial charge is 0.130 e. The molecule has 0 bridgehead atoms. The number of aromatic nitrogens is 1. The van der Waals surface area contributed by atoms with Gasteiger partial charge in [-0.15, -0.1) is 0 Å². The Balaban J connectivity index is 2.28. The predicted molar refractivity (Wildman–Crippen MR) is 84.0 cm³/mol. The largest absolute Gasteiger partial charge is 0.256 e. The highest BCUT2D eigenvalue weighted by molar-refractivity contribution is 6.01. The van der Waals surface area contributed by atoms with Crippen molar-refractivity contribution in [3.05, 3.63) is 65.1 Å². The third kappa shape index (κ3) is 1.48. The van der Waals surface area contributed by atoms with Crippen LogP contribution in [0.5, 0.6) is 0 Å². The Labute approximate surface area is 123 Å². The average molecular weight is 277 g/mol. The molecule has 0 atom stereocenters. The second kappa shape index (κ2) is 3.91. The van der Waals surface area contributed by atoms with Crippen LogP contribution in [0.1, 0.15) is 30.5 Å². The third-order valence-electron chi connectivity index (χ3n) is 4.68. The number of halogens is 1. The van der Waals surface area contributed by atoms with Crippen molar-refractivity contribution in [2.24, 2.45) is 0 Å². The first kappa shape index (κ1) is 12.5. The van der Waals surface area contributed by atoms with Crippen LogP contribution < -0.4 is 0 Å². The van der Waals surface area contributed by atoms with E-state index in [1.807, 2.05) is 31.2 Å². The van der Waals surface area contributed by atoms with E-state index in [4.69, 9.17) is 0 Å². The molecule has 1 aliphatic carbocycles. The van der Waals surface area contributed by atoms with Crippen molar-refractivity contribution in [3.63, 3.8) is 0 Å². The summed E-state index contributed by atoms with van der Waals surface area (Å²) in [4.78, 5) is 4.55. The minimum absolute atomic E-state index is 0.106. The number of rotatable bonds is 0. The number of benzene rings is 2. The molecule has 0 unspecified atom stereocenters. The van der Waals surface area contributed by atoms with Crippen molar-refractivity contribution >= 4 is 10.8 Å². The Morgan fingerprint density at radius 3 is 2.67 bits per heavy atom. The molecule has 0 aliphatic heterocycles. The second-order valence-corrected chi connectivity index (χ2v) is 6.31. The summed E-state index contributed by atoms with van der Waals surface area (Å²) in [6.45, 7) is 6.01. The van der Waals surface area contributed by atoms with Gasteiger partial charge in [0.15, 0.2) is 0 Å². The van der Waals surface area contributed by atoms with Crippen LogP contribution in [-0.4, -0.2) is 4.98 Å². The number of aryl methyl sites for hydroxylation is 1. The number of hydrogen-bond donors (Lipinski definition) is 0. The molecular formula is C19H16FN. The number of fused-ring (bicyclic) bond motifs is 2. The van der Waals surface area contributed by atoms with Crippen LogP contribution in [0.15, 0.2) is 42.6 Å². The normalized spacial score (nSPS) is 15.0. The highest BCUT2D eigenvalue weighted by Crippen LogP contribution is 2.48. The Bertz CT molecular complexity index is 888. The van der Waals surface area contributed by atoms with Crippen molar-refractivity contribution in [1.29, 1.82) is 0 Å². The summed E-state index contributed by atoms with van der Waals surface area (Å²) in [7, 11) is 0. The zero-order valence-corrected chi connectivity index (χ0v) is 12.4. The minimum Gasteiger partial charge on any atom is -0.256 e. The molecule has 2 heteroatoms. The van der Waals surface area contributed by atoms with Crippen molar-refractivity contribution in [1.82, 2.24) is 4.98 Å². The van der Waals surface area contributed by atoms with Gasteiger partial charge in [0.2, 0.25) is 0 Å². The van der Waals surface area contributed by atoms with Gasteiger partial charge in [0.25, 0.3) is 0 Å². The molecule has 1 aromatic heterocycles. The Hall–Kier alpha value is -2.22. The summed E-state index contributed by atoms with van der Waals surface area (Å²) < 4.78 is 14.8. The van der Waals surface area contributed by atoms with Crippen molar-refractivity contribution in [3.8, 4) is 11.3 Å². The van der Waals surface area contributed by atoms with Gasteiger partial charge in [-0.05, 0) is 29.5 Å². The van der Waals surface area contributed by atoms with Crippen LogP contribution in [0.25, 0.3) is 22.0 Å². The molecule has 1 aliphatic rings. The fourth-order valence-electron chi connectivity index (χ4n) is 3.58. The third-order valence-corrected chi connectivity index (χ3v) is 4.68. The van der Waals surface area contributed by atoms with Gasteiger partial charge in [0.1, 0.15) is 5.82 Å². The SMILES string of the molecule is Cc1ccc2c(c1F)C(C)(C)c1cccc3ccnc-2c13. The topological polar surface area (TPSA) is 12.9 Å². The van der Waals surface area contributed by atoms with Gasteiger partial charge in [-0.1, -0.05) is 44.2 Å². The summed E-state index contributed by atoms with van der Waals surface area (Å²) in [6, 6.07) is 12.1. The van der Waals surface area contributed by atoms with Crippen LogP contribution in [-0.2, 0) is 5.41 Å². The lowest BCUT2D eigenvalue weighted by molar-refractivity contribution is 0.544. The molecule has 0 fully saturated rings. The quantitative estimate of drug-likeness (QED) is 0.564. The molecule has 0 saturated heterocycles. The van der Waals surface area contributed by atoms with Crippen molar-refractivity contribution < 1.29 is 4.39 Å². The number of nitrogens with zero attached hydrogens (tertiary/aromatic N) is 1. The molecule has 0 radical (unpaired) electrons. The molecule has 2 aromatic carbocycles. The van der Waals surface area contributed by atoms with E-state index in [9.17, 15) is 4.39 Å². The monoisotopic (exact) mass is 277 g/mol. The van der Waals surface area contributed by atoms with E-state index < -0.39 is 0 Å². The zero-order chi connectivity index (χ0) is 14.8. The molecule has 104 valence electrons. The van der Waals surface area contributed by atoms with Crippen LogP contribution in [0.4, 0.5) is 4.39 Å². The summed E-state index contributed by atoms with van der Waals surface area (Å²) in [5.41, 5.74) is 4.07. The maximum atomic E-state index is 14.8. The molecule has 0 saturated carbocycles. The highest BCUT2D eigenvalue weighted by atomic mass is 19.1. The minimum atomic E-state index is -0.360. The standard InChI is InChI=1S/C19H16FN/c1-11-7-8-13-16(17(11)20)19(2,3)14-6-4-5-12-9-10-21-18(13)15(12)14/h4-10H,1-3H3. The van der Waals surface area contributed by atoms with E-state index >= 15 is 0 Å². The first-order valence-corrected chi connectivity index (χ1v) is 7.20. The van der Waals surface area contributed by atoms with Gasteiger partial charge in [-0.2, -0.15) is 0 Å². The maximum Gasteiger partial charge on any atom is 0.130 e. The van der Waals surface area contributed by atoms with E-state index in [2.05, 4.69) is 31.0 Å². The molecule has 1 nitrogen and oxygen atoms in total. The van der Waals surface area contributed by atoms with Crippen LogP contribution >= 0.6 is 0 Å². The van der Waals surface area contributed by atoms with Crippen LogP contribution in [0, 0.1) is 12.7 Å². The van der Waals surface area contributed by atoms with E-state index in [1.165, 1.54) is 0 Å². The first-order chi connectivity index (χ1) is 10.0. The molecule has 3 aromatic rings. The van der Waals surface area contributed by atoms with Gasteiger partial charge < -0.3 is 0 Å². The molecule has 0 spiro atoms. The summed E-state index contributed by atoms with van der Waals surface area (Å²) in [6.07, 6.45) is 1.81. The van der Waals surface area contributed by atoms with Crippen LogP contribution in [0.3, 0.4) is 0 Å². The second-order valence-electron chi connectivity index (χ2n) is 6.31. The van der Waals surface area contributed by atoms with Gasteiger partial charge in [-0.25, -0.2) is 4.39 Å². The zero-order valence-electron chi connectivity index (χ0n) is 12.4. The van der Waals surface area contributed by atoms with Crippen LogP contribution in [0.2, 0.25) is 0 Å². The Morgan fingerprint density at radius 2 is 1.86 bits per heavy atom. The number of hydrogen-bond acceptors (Lipinski definition) is 1. The van der Waals surface area contributed by atoms with Gasteiger partial charge in [0, 0.05) is 28.1 Å². The first-order valence-electron chi connectivity index (χ1n) is 7.20. The van der Waals surface area contributed by atoms with E-state index in [-0.39, 0.29) is 11.2 Å². The maximum absolute atomic E-state index is 14.8. The lowest BCUT2D eigenvalue weighted by Crippen LogP contribution is -2.26. The Morgan fingerprint density at radius 1 is 1.05 bits per heavy atom. The highest BCUT2D eigenvalue weighted by Gasteiger charge is 2.36. The summed E-state index contributed by atoms with van der Waals surface area (Å²) >= 11 is 0. The van der Waals surface area contributed by atoms with Gasteiger partial charge >= 0.3 is 0 Å². The summed E-state index contributed by atoms with van der Waals surface area (Å²) in [5.74, 6) is -0.106. The van der Waals surface area contributed by atoms with Crippen molar-refractivity contribution in [2.75, 3.05) is 0 Å².